The van der Waals surface area contributed by atoms with E-state index < -0.39 is 71.8 Å². The molecule has 11 nitrogen and oxygen atoms in total. The summed E-state index contributed by atoms with van der Waals surface area (Å²) in [5, 5.41) is 49.3. The molecule has 3 aromatic rings. The molecule has 2 aliphatic rings. The quantitative estimate of drug-likeness (QED) is 0.332. The second-order valence-corrected chi connectivity index (χ2v) is 11.2. The molecule has 1 amide bonds. The predicted octanol–water partition coefficient (Wildman–Crippen LogP) is 3.03. The second kappa shape index (κ2) is 12.8. The number of halogens is 4. The topological polar surface area (TPSA) is 154 Å². The lowest BCUT2D eigenvalue weighted by molar-refractivity contribution is -0.211. The summed E-state index contributed by atoms with van der Waals surface area (Å²) < 4.78 is 41.5. The minimum atomic E-state index is -1.48. The Labute approximate surface area is 254 Å². The van der Waals surface area contributed by atoms with Crippen LogP contribution in [0.25, 0.3) is 11.3 Å². The van der Waals surface area contributed by atoms with Crippen LogP contribution in [-0.4, -0.2) is 86.5 Å². The van der Waals surface area contributed by atoms with Gasteiger partial charge in [0.2, 0.25) is 0 Å². The standard InChI is InChI=1S/C28H27Cl2F2N5O6/c1-42-26-24(36-11-18(34-35-36)16-5-6-17(30)23(32)22(16)31)25(40)21(12-38)43-27(26)28(41)37(19-3-2-4-20(19)39)15-8-13(10-33)7-14(29)9-15/h5-9,11,19-21,24-27,38-40H,2-4,12H2,1H3/t19-,20-,21+,24-,25-,26+,27+/m0/s1. The average Bonchev–Trinajstić information content (AvgIpc) is 3.64. The smallest absolute Gasteiger partial charge is 0.259 e. The van der Waals surface area contributed by atoms with Gasteiger partial charge in [0, 0.05) is 23.4 Å². The molecule has 7 atom stereocenters. The number of aromatic nitrogens is 3. The molecule has 0 radical (unpaired) electrons. The number of nitrogens with zero attached hydrogens (tertiary/aromatic N) is 5. The lowest BCUT2D eigenvalue weighted by Gasteiger charge is -2.45. The van der Waals surface area contributed by atoms with Gasteiger partial charge in [-0.3, -0.25) is 4.79 Å². The van der Waals surface area contributed by atoms with Crippen molar-refractivity contribution in [1.29, 1.82) is 5.26 Å². The normalized spacial score (nSPS) is 27.2. The van der Waals surface area contributed by atoms with Crippen LogP contribution >= 0.6 is 23.2 Å². The number of rotatable bonds is 7. The van der Waals surface area contributed by atoms with Crippen molar-refractivity contribution in [3.63, 3.8) is 0 Å². The van der Waals surface area contributed by atoms with E-state index in [-0.39, 0.29) is 27.5 Å². The maximum absolute atomic E-state index is 14.7. The van der Waals surface area contributed by atoms with Crippen molar-refractivity contribution in [2.75, 3.05) is 18.6 Å². The summed E-state index contributed by atoms with van der Waals surface area (Å²) in [6.07, 6.45) is -3.64. The van der Waals surface area contributed by atoms with Crippen LogP contribution in [0.2, 0.25) is 10.0 Å². The first kappa shape index (κ1) is 31.2. The van der Waals surface area contributed by atoms with Crippen LogP contribution < -0.4 is 4.90 Å². The highest BCUT2D eigenvalue weighted by Gasteiger charge is 2.52. The number of benzene rings is 2. The molecule has 2 fully saturated rings. The molecule has 43 heavy (non-hydrogen) atoms. The van der Waals surface area contributed by atoms with Gasteiger partial charge in [-0.15, -0.1) is 5.10 Å². The number of ether oxygens (including phenoxy) is 2. The molecular formula is C28H27Cl2F2N5O6. The second-order valence-electron chi connectivity index (χ2n) is 10.3. The van der Waals surface area contributed by atoms with Crippen molar-refractivity contribution in [1.82, 2.24) is 15.0 Å². The predicted molar refractivity (Wildman–Crippen MR) is 149 cm³/mol. The number of carbonyl (C=O) groups is 1. The Kier molecular flexibility index (Phi) is 9.29. The van der Waals surface area contributed by atoms with E-state index in [1.807, 2.05) is 6.07 Å². The van der Waals surface area contributed by atoms with Crippen molar-refractivity contribution in [2.45, 2.75) is 61.9 Å². The fourth-order valence-corrected chi connectivity index (χ4v) is 6.12. The Morgan fingerprint density at radius 3 is 2.65 bits per heavy atom. The third-order valence-corrected chi connectivity index (χ3v) is 8.32. The molecule has 1 saturated heterocycles. The SMILES string of the molecule is CO[C@@H]1[C@@H](n2cc(-c3ccc(Cl)c(F)c3F)nn2)[C@@H](O)[C@@H](CO)O[C@H]1C(=O)N(c1cc(Cl)cc(C#N)c1)[C@H]1CCC[C@@H]1O. The minimum Gasteiger partial charge on any atom is -0.394 e. The third-order valence-electron chi connectivity index (χ3n) is 7.81. The zero-order chi connectivity index (χ0) is 31.0. The summed E-state index contributed by atoms with van der Waals surface area (Å²) in [5.74, 6) is -3.21. The van der Waals surface area contributed by atoms with Crippen LogP contribution in [0.15, 0.2) is 36.5 Å². The van der Waals surface area contributed by atoms with E-state index in [0.717, 1.165) is 10.7 Å². The van der Waals surface area contributed by atoms with Gasteiger partial charge >= 0.3 is 0 Å². The zero-order valence-electron chi connectivity index (χ0n) is 22.6. The highest BCUT2D eigenvalue weighted by atomic mass is 35.5. The fraction of sp³-hybridized carbons (Fsp3) is 0.429. The van der Waals surface area contributed by atoms with Crippen LogP contribution in [0.3, 0.4) is 0 Å². The number of aliphatic hydroxyl groups excluding tert-OH is 3. The van der Waals surface area contributed by atoms with Gasteiger partial charge in [0.1, 0.15) is 30.0 Å². The highest BCUT2D eigenvalue weighted by Crippen LogP contribution is 2.38. The van der Waals surface area contributed by atoms with Gasteiger partial charge in [0.05, 0.1) is 41.6 Å². The summed E-state index contributed by atoms with van der Waals surface area (Å²) in [6, 6.07) is 6.85. The lowest BCUT2D eigenvalue weighted by Crippen LogP contribution is -2.62. The van der Waals surface area contributed by atoms with E-state index in [1.165, 1.54) is 42.5 Å². The molecule has 5 rings (SSSR count). The number of amides is 1. The van der Waals surface area contributed by atoms with Crippen LogP contribution in [0.5, 0.6) is 0 Å². The maximum Gasteiger partial charge on any atom is 0.259 e. The van der Waals surface area contributed by atoms with Gasteiger partial charge in [-0.05, 0) is 49.6 Å². The molecule has 2 heterocycles. The van der Waals surface area contributed by atoms with Gasteiger partial charge in [0.25, 0.3) is 5.91 Å². The summed E-state index contributed by atoms with van der Waals surface area (Å²) in [4.78, 5) is 15.7. The molecule has 0 spiro atoms. The zero-order valence-corrected chi connectivity index (χ0v) is 24.2. The maximum atomic E-state index is 14.7. The largest absolute Gasteiger partial charge is 0.394 e. The van der Waals surface area contributed by atoms with Crippen molar-refractivity contribution in [3.8, 4) is 17.3 Å². The molecule has 15 heteroatoms. The Hall–Kier alpha value is -3.22. The van der Waals surface area contributed by atoms with Crippen LogP contribution in [-0.2, 0) is 14.3 Å². The van der Waals surface area contributed by atoms with E-state index in [1.54, 1.807) is 0 Å². The Morgan fingerprint density at radius 1 is 1.23 bits per heavy atom. The van der Waals surface area contributed by atoms with Gasteiger partial charge in [-0.1, -0.05) is 28.4 Å². The van der Waals surface area contributed by atoms with Crippen molar-refractivity contribution in [2.24, 2.45) is 0 Å². The Bertz CT molecular complexity index is 1550. The number of aliphatic hydroxyl groups is 3. The van der Waals surface area contributed by atoms with E-state index in [2.05, 4.69) is 10.3 Å². The van der Waals surface area contributed by atoms with Crippen LogP contribution in [0.1, 0.15) is 30.9 Å². The number of hydrogen-bond acceptors (Lipinski definition) is 9. The number of anilines is 1. The van der Waals surface area contributed by atoms with E-state index in [4.69, 9.17) is 32.7 Å². The molecule has 1 aromatic heterocycles. The number of hydrogen-bond donors (Lipinski definition) is 3. The first-order valence-electron chi connectivity index (χ1n) is 13.3. The third kappa shape index (κ3) is 5.84. The van der Waals surface area contributed by atoms with Crippen molar-refractivity contribution < 1.29 is 38.4 Å². The summed E-state index contributed by atoms with van der Waals surface area (Å²) >= 11 is 11.9. The lowest BCUT2D eigenvalue weighted by atomic mass is 9.91. The van der Waals surface area contributed by atoms with Gasteiger partial charge in [0.15, 0.2) is 17.7 Å². The summed E-state index contributed by atoms with van der Waals surface area (Å²) in [7, 11) is 1.28. The molecule has 1 aliphatic heterocycles. The molecule has 2 aromatic carbocycles. The molecule has 3 N–H and O–H groups in total. The molecule has 0 unspecified atom stereocenters. The fourth-order valence-electron chi connectivity index (χ4n) is 5.75. The minimum absolute atomic E-state index is 0.0938. The van der Waals surface area contributed by atoms with Crippen LogP contribution in [0.4, 0.5) is 14.5 Å². The summed E-state index contributed by atoms with van der Waals surface area (Å²) in [6.45, 7) is -0.696. The molecule has 1 aliphatic carbocycles. The molecular weight excluding hydrogens is 611 g/mol. The molecule has 0 bridgehead atoms. The highest BCUT2D eigenvalue weighted by molar-refractivity contribution is 6.31. The van der Waals surface area contributed by atoms with Crippen LogP contribution in [0, 0.1) is 23.0 Å². The van der Waals surface area contributed by atoms with Crippen molar-refractivity contribution >= 4 is 34.8 Å². The number of carbonyl (C=O) groups excluding carboxylic acids is 1. The van der Waals surface area contributed by atoms with Gasteiger partial charge < -0.3 is 29.7 Å². The molecule has 228 valence electrons. The Balaban J connectivity index is 1.56. The van der Waals surface area contributed by atoms with Crippen molar-refractivity contribution in [3.05, 3.63) is 63.8 Å². The monoisotopic (exact) mass is 637 g/mol. The molecule has 1 saturated carbocycles. The average molecular weight is 638 g/mol. The summed E-state index contributed by atoms with van der Waals surface area (Å²) in [5.41, 5.74) is 0.0856. The number of methoxy groups -OCH3 is 1. The van der Waals surface area contributed by atoms with E-state index in [0.29, 0.717) is 19.3 Å². The van der Waals surface area contributed by atoms with Gasteiger partial charge in [-0.25, -0.2) is 13.5 Å². The van der Waals surface area contributed by atoms with E-state index >= 15 is 0 Å². The first-order valence-corrected chi connectivity index (χ1v) is 14.1. The first-order chi connectivity index (χ1) is 20.6. The van der Waals surface area contributed by atoms with Gasteiger partial charge in [-0.2, -0.15) is 5.26 Å². The Morgan fingerprint density at radius 2 is 2.00 bits per heavy atom. The van der Waals surface area contributed by atoms with E-state index in [9.17, 15) is 34.2 Å². The number of nitriles is 1.